The molecular weight excluding hydrogens is 286 g/mol. The molecule has 2 aromatic heterocycles. The second-order valence-corrected chi connectivity index (χ2v) is 5.97. The van der Waals surface area contributed by atoms with Crippen molar-refractivity contribution >= 4 is 23.1 Å². The molecule has 1 saturated heterocycles. The second-order valence-electron chi connectivity index (χ2n) is 4.94. The fraction of sp³-hybridized carbons (Fsp3) is 0.333. The Labute approximate surface area is 127 Å². The van der Waals surface area contributed by atoms with Gasteiger partial charge in [0, 0.05) is 11.4 Å². The normalized spacial score (nSPS) is 18.7. The van der Waals surface area contributed by atoms with E-state index in [1.807, 2.05) is 34.5 Å². The summed E-state index contributed by atoms with van der Waals surface area (Å²) in [7, 11) is 0. The van der Waals surface area contributed by atoms with Crippen LogP contribution >= 0.6 is 11.3 Å². The number of carbonyl (C=O) groups is 1. The lowest BCUT2D eigenvalue weighted by atomic mass is 10.1. The summed E-state index contributed by atoms with van der Waals surface area (Å²) in [6, 6.07) is 9.43. The summed E-state index contributed by atoms with van der Waals surface area (Å²) in [6.07, 6.45) is 0.254. The maximum Gasteiger partial charge on any atom is 0.228 e. The molecule has 1 aliphatic heterocycles. The number of morpholine rings is 1. The molecule has 5 nitrogen and oxygen atoms in total. The molecule has 0 saturated carbocycles. The molecule has 2 N–H and O–H groups in total. The van der Waals surface area contributed by atoms with Crippen LogP contribution in [-0.4, -0.2) is 35.5 Å². The zero-order valence-electron chi connectivity index (χ0n) is 11.6. The lowest BCUT2D eigenvalue weighted by molar-refractivity contribution is -0.138. The minimum Gasteiger partial charge on any atom is -0.384 e. The van der Waals surface area contributed by atoms with Crippen molar-refractivity contribution < 1.29 is 9.53 Å². The average Bonchev–Trinajstić information content (AvgIpc) is 3.00. The molecule has 0 aromatic carbocycles. The Hall–Kier alpha value is -1.92. The molecule has 110 valence electrons. The Morgan fingerprint density at radius 2 is 2.33 bits per heavy atom. The number of thiophene rings is 1. The minimum absolute atomic E-state index is 0.134. The van der Waals surface area contributed by atoms with Crippen LogP contribution in [0.15, 0.2) is 35.7 Å². The topological polar surface area (TPSA) is 68.5 Å². The van der Waals surface area contributed by atoms with Crippen LogP contribution in [0.4, 0.5) is 5.82 Å². The van der Waals surface area contributed by atoms with E-state index in [0.29, 0.717) is 31.9 Å². The van der Waals surface area contributed by atoms with Crippen molar-refractivity contribution in [3.63, 3.8) is 0 Å². The summed E-state index contributed by atoms with van der Waals surface area (Å²) in [4.78, 5) is 19.6. The molecule has 0 radical (unpaired) electrons. The Bertz CT molecular complexity index is 615. The van der Waals surface area contributed by atoms with Crippen LogP contribution in [0.5, 0.6) is 0 Å². The van der Waals surface area contributed by atoms with E-state index in [1.165, 1.54) is 0 Å². The number of pyridine rings is 1. The summed E-state index contributed by atoms with van der Waals surface area (Å²) in [5, 5.41) is 1.99. The van der Waals surface area contributed by atoms with Gasteiger partial charge in [-0.1, -0.05) is 12.1 Å². The Kier molecular flexibility index (Phi) is 4.17. The molecule has 1 atom stereocenters. The van der Waals surface area contributed by atoms with E-state index < -0.39 is 0 Å². The van der Waals surface area contributed by atoms with E-state index in [2.05, 4.69) is 4.98 Å². The van der Waals surface area contributed by atoms with Crippen molar-refractivity contribution in [2.45, 2.75) is 12.5 Å². The van der Waals surface area contributed by atoms with Gasteiger partial charge in [-0.2, -0.15) is 0 Å². The molecular formula is C15H17N3O2S. The summed E-state index contributed by atoms with van der Waals surface area (Å²) < 4.78 is 5.73. The highest BCUT2D eigenvalue weighted by Crippen LogP contribution is 2.22. The monoisotopic (exact) mass is 303 g/mol. The first-order chi connectivity index (χ1) is 10.2. The first kappa shape index (κ1) is 14.0. The number of nitrogen functional groups attached to an aromatic ring is 1. The molecule has 3 heterocycles. The van der Waals surface area contributed by atoms with Crippen molar-refractivity contribution in [3.8, 4) is 0 Å². The van der Waals surface area contributed by atoms with Crippen LogP contribution in [0, 0.1) is 0 Å². The van der Waals surface area contributed by atoms with Gasteiger partial charge in [-0.3, -0.25) is 4.79 Å². The third-order valence-corrected chi connectivity index (χ3v) is 4.32. The molecule has 1 fully saturated rings. The number of nitrogens with two attached hydrogens (primary N) is 1. The number of rotatable bonds is 3. The zero-order valence-corrected chi connectivity index (χ0v) is 12.4. The van der Waals surface area contributed by atoms with E-state index in [4.69, 9.17) is 10.5 Å². The largest absolute Gasteiger partial charge is 0.384 e. The molecule has 0 bridgehead atoms. The third-order valence-electron chi connectivity index (χ3n) is 3.45. The van der Waals surface area contributed by atoms with E-state index >= 15 is 0 Å². The second kappa shape index (κ2) is 6.24. The first-order valence-electron chi connectivity index (χ1n) is 6.86. The number of nitrogens with zero attached hydrogens (tertiary/aromatic N) is 2. The van der Waals surface area contributed by atoms with Gasteiger partial charge >= 0.3 is 0 Å². The summed E-state index contributed by atoms with van der Waals surface area (Å²) in [6.45, 7) is 1.68. The van der Waals surface area contributed by atoms with Crippen molar-refractivity contribution in [3.05, 3.63) is 46.3 Å². The van der Waals surface area contributed by atoms with Crippen LogP contribution in [0.3, 0.4) is 0 Å². The predicted octanol–water partition coefficient (Wildman–Crippen LogP) is 1.87. The standard InChI is InChI=1S/C15H17N3O2S/c16-14-5-1-4-12(17-14)13-10-18(6-7-20-13)15(19)9-11-3-2-8-21-11/h1-5,8,13H,6-7,9-10H2,(H2,16,17). The van der Waals surface area contributed by atoms with E-state index in [0.717, 1.165) is 10.6 Å². The lowest BCUT2D eigenvalue weighted by Crippen LogP contribution is -2.43. The van der Waals surface area contributed by atoms with Crippen molar-refractivity contribution in [1.82, 2.24) is 9.88 Å². The minimum atomic E-state index is -0.200. The first-order valence-corrected chi connectivity index (χ1v) is 7.74. The highest BCUT2D eigenvalue weighted by atomic mass is 32.1. The molecule has 21 heavy (non-hydrogen) atoms. The van der Waals surface area contributed by atoms with Gasteiger partial charge in [-0.05, 0) is 23.6 Å². The van der Waals surface area contributed by atoms with Gasteiger partial charge < -0.3 is 15.4 Å². The molecule has 1 amide bonds. The van der Waals surface area contributed by atoms with E-state index in [9.17, 15) is 4.79 Å². The van der Waals surface area contributed by atoms with Crippen LogP contribution < -0.4 is 5.73 Å². The van der Waals surface area contributed by atoms with Gasteiger partial charge in [-0.15, -0.1) is 11.3 Å². The summed E-state index contributed by atoms with van der Waals surface area (Å²) >= 11 is 1.61. The van der Waals surface area contributed by atoms with Crippen LogP contribution in [-0.2, 0) is 16.0 Å². The molecule has 3 rings (SSSR count). The number of hydrogen-bond acceptors (Lipinski definition) is 5. The van der Waals surface area contributed by atoms with Gasteiger partial charge in [0.1, 0.15) is 11.9 Å². The molecule has 2 aromatic rings. The Morgan fingerprint density at radius 3 is 3.10 bits per heavy atom. The summed E-state index contributed by atoms with van der Waals surface area (Å²) in [5.74, 6) is 0.604. The fourth-order valence-corrected chi connectivity index (χ4v) is 3.07. The quantitative estimate of drug-likeness (QED) is 0.940. The van der Waals surface area contributed by atoms with Crippen molar-refractivity contribution in [1.29, 1.82) is 0 Å². The average molecular weight is 303 g/mol. The van der Waals surface area contributed by atoms with Gasteiger partial charge in [0.15, 0.2) is 0 Å². The maximum absolute atomic E-state index is 12.3. The van der Waals surface area contributed by atoms with E-state index in [1.54, 1.807) is 17.4 Å². The van der Waals surface area contributed by atoms with Gasteiger partial charge in [0.05, 0.1) is 25.3 Å². The number of anilines is 1. The van der Waals surface area contributed by atoms with Crippen molar-refractivity contribution in [2.24, 2.45) is 0 Å². The fourth-order valence-electron chi connectivity index (χ4n) is 2.38. The van der Waals surface area contributed by atoms with Gasteiger partial charge in [0.2, 0.25) is 5.91 Å². The van der Waals surface area contributed by atoms with Crippen LogP contribution in [0.1, 0.15) is 16.7 Å². The van der Waals surface area contributed by atoms with E-state index in [-0.39, 0.29) is 12.0 Å². The van der Waals surface area contributed by atoms with Crippen LogP contribution in [0.2, 0.25) is 0 Å². The van der Waals surface area contributed by atoms with Gasteiger partial charge in [0.25, 0.3) is 0 Å². The highest BCUT2D eigenvalue weighted by molar-refractivity contribution is 7.10. The number of hydrogen-bond donors (Lipinski definition) is 1. The molecule has 1 aliphatic rings. The van der Waals surface area contributed by atoms with Gasteiger partial charge in [-0.25, -0.2) is 4.98 Å². The number of ether oxygens (including phenoxy) is 1. The number of carbonyl (C=O) groups excluding carboxylic acids is 1. The maximum atomic E-state index is 12.3. The smallest absolute Gasteiger partial charge is 0.228 e. The summed E-state index contributed by atoms with van der Waals surface area (Å²) in [5.41, 5.74) is 6.49. The lowest BCUT2D eigenvalue weighted by Gasteiger charge is -2.32. The van der Waals surface area contributed by atoms with Crippen molar-refractivity contribution in [2.75, 3.05) is 25.4 Å². The SMILES string of the molecule is Nc1cccc(C2CN(C(=O)Cc3cccs3)CCO2)n1. The molecule has 0 spiro atoms. The highest BCUT2D eigenvalue weighted by Gasteiger charge is 2.26. The number of aromatic nitrogens is 1. The predicted molar refractivity (Wildman–Crippen MR) is 81.9 cm³/mol. The molecule has 1 unspecified atom stereocenters. The Morgan fingerprint density at radius 1 is 1.43 bits per heavy atom. The Balaban J connectivity index is 1.66. The number of amides is 1. The van der Waals surface area contributed by atoms with Crippen LogP contribution in [0.25, 0.3) is 0 Å². The molecule has 0 aliphatic carbocycles. The molecule has 6 heteroatoms. The third kappa shape index (κ3) is 3.40. The zero-order chi connectivity index (χ0) is 14.7.